The largest absolute Gasteiger partial charge is 0.291 e. The summed E-state index contributed by atoms with van der Waals surface area (Å²) in [5.74, 6) is -0.271. The molecule has 0 heterocycles. The van der Waals surface area contributed by atoms with Crippen LogP contribution in [-0.2, 0) is 4.79 Å². The monoisotopic (exact) mass is 163 g/mol. The maximum Gasteiger partial charge on any atom is 0.202 e. The molecule has 0 aromatic heterocycles. The number of hydrogen-bond acceptors (Lipinski definition) is 1. The van der Waals surface area contributed by atoms with Crippen LogP contribution in [0.2, 0.25) is 0 Å². The van der Waals surface area contributed by atoms with Crippen molar-refractivity contribution in [3.05, 3.63) is 41.7 Å². The van der Waals surface area contributed by atoms with Crippen LogP contribution >= 0.6 is 0 Å². The molecule has 1 rings (SSSR count). The molecular formula is C10H8FO. The minimum Gasteiger partial charge on any atom is -0.291 e. The van der Waals surface area contributed by atoms with E-state index in [1.165, 1.54) is 12.1 Å². The second-order valence-electron chi connectivity index (χ2n) is 2.31. The third kappa shape index (κ3) is 2.66. The standard InChI is InChI=1S/C10H8FO/c11-10-6-3-5-9(8-10)4-1-2-7-12/h1,3-6,8H,2H2/b4-1+. The highest BCUT2D eigenvalue weighted by Gasteiger charge is 1.88. The number of hydrogen-bond donors (Lipinski definition) is 0. The predicted molar refractivity (Wildman–Crippen MR) is 45.7 cm³/mol. The maximum absolute atomic E-state index is 12.6. The van der Waals surface area contributed by atoms with E-state index in [-0.39, 0.29) is 12.2 Å². The van der Waals surface area contributed by atoms with Crippen molar-refractivity contribution >= 4 is 12.4 Å². The zero-order valence-electron chi connectivity index (χ0n) is 6.46. The average molecular weight is 163 g/mol. The van der Waals surface area contributed by atoms with Crippen LogP contribution in [0.25, 0.3) is 6.08 Å². The van der Waals surface area contributed by atoms with Gasteiger partial charge in [-0.3, -0.25) is 4.79 Å². The fourth-order valence-corrected chi connectivity index (χ4v) is 0.853. The summed E-state index contributed by atoms with van der Waals surface area (Å²) in [6.45, 7) is 0. The van der Waals surface area contributed by atoms with E-state index in [0.29, 0.717) is 0 Å². The Bertz CT molecular complexity index is 292. The van der Waals surface area contributed by atoms with Crippen molar-refractivity contribution in [1.29, 1.82) is 0 Å². The Morgan fingerprint density at radius 3 is 3.00 bits per heavy atom. The molecule has 0 saturated carbocycles. The molecule has 2 heteroatoms. The highest BCUT2D eigenvalue weighted by Crippen LogP contribution is 2.05. The molecule has 1 radical (unpaired) electrons. The Morgan fingerprint density at radius 1 is 1.50 bits per heavy atom. The van der Waals surface area contributed by atoms with Crippen LogP contribution in [-0.4, -0.2) is 6.29 Å². The minimum absolute atomic E-state index is 0.247. The van der Waals surface area contributed by atoms with Crippen LogP contribution in [0.1, 0.15) is 12.0 Å². The molecule has 0 aliphatic carbocycles. The van der Waals surface area contributed by atoms with Crippen LogP contribution in [0, 0.1) is 5.82 Å². The lowest BCUT2D eigenvalue weighted by Gasteiger charge is -1.91. The number of benzene rings is 1. The van der Waals surface area contributed by atoms with Gasteiger partial charge in [-0.15, -0.1) is 0 Å². The number of rotatable bonds is 3. The zero-order valence-corrected chi connectivity index (χ0v) is 6.46. The number of carbonyl (C=O) groups excluding carboxylic acids is 1. The van der Waals surface area contributed by atoms with E-state index in [4.69, 9.17) is 0 Å². The Kier molecular flexibility index (Phi) is 3.20. The van der Waals surface area contributed by atoms with E-state index >= 15 is 0 Å². The molecule has 1 aromatic carbocycles. The van der Waals surface area contributed by atoms with E-state index in [1.807, 2.05) is 0 Å². The van der Waals surface area contributed by atoms with Crippen molar-refractivity contribution in [1.82, 2.24) is 0 Å². The summed E-state index contributed by atoms with van der Waals surface area (Å²) in [6, 6.07) is 6.18. The van der Waals surface area contributed by atoms with Gasteiger partial charge in [0.15, 0.2) is 0 Å². The van der Waals surface area contributed by atoms with Crippen molar-refractivity contribution in [2.24, 2.45) is 0 Å². The smallest absolute Gasteiger partial charge is 0.202 e. The molecule has 0 N–H and O–H groups in total. The molecule has 61 valence electrons. The van der Waals surface area contributed by atoms with Crippen LogP contribution in [0.5, 0.6) is 0 Å². The number of halogens is 1. The minimum atomic E-state index is -0.271. The Balaban J connectivity index is 2.69. The first-order valence-electron chi connectivity index (χ1n) is 3.60. The molecule has 0 amide bonds. The van der Waals surface area contributed by atoms with Crippen LogP contribution < -0.4 is 0 Å². The second kappa shape index (κ2) is 4.44. The first-order chi connectivity index (χ1) is 5.83. The topological polar surface area (TPSA) is 17.1 Å². The van der Waals surface area contributed by atoms with E-state index in [0.717, 1.165) is 5.56 Å². The first-order valence-corrected chi connectivity index (χ1v) is 3.60. The molecule has 0 saturated heterocycles. The van der Waals surface area contributed by atoms with Crippen molar-refractivity contribution in [2.45, 2.75) is 6.42 Å². The lowest BCUT2D eigenvalue weighted by atomic mass is 10.2. The molecule has 1 nitrogen and oxygen atoms in total. The van der Waals surface area contributed by atoms with Crippen molar-refractivity contribution in [3.8, 4) is 0 Å². The van der Waals surface area contributed by atoms with E-state index in [1.54, 1.807) is 30.6 Å². The highest BCUT2D eigenvalue weighted by atomic mass is 19.1. The lowest BCUT2D eigenvalue weighted by molar-refractivity contribution is 0.556. The van der Waals surface area contributed by atoms with E-state index < -0.39 is 0 Å². The third-order valence-corrected chi connectivity index (χ3v) is 1.36. The molecule has 0 aliphatic rings. The van der Waals surface area contributed by atoms with Crippen molar-refractivity contribution in [2.75, 3.05) is 0 Å². The van der Waals surface area contributed by atoms with Crippen molar-refractivity contribution < 1.29 is 9.18 Å². The highest BCUT2D eigenvalue weighted by molar-refractivity contribution is 5.58. The van der Waals surface area contributed by atoms with Gasteiger partial charge in [0.1, 0.15) is 5.82 Å². The Labute approximate surface area is 70.5 Å². The molecule has 1 aromatic rings. The number of allylic oxidation sites excluding steroid dienone is 1. The molecule has 0 unspecified atom stereocenters. The summed E-state index contributed by atoms with van der Waals surface area (Å²) >= 11 is 0. The second-order valence-corrected chi connectivity index (χ2v) is 2.31. The zero-order chi connectivity index (χ0) is 8.81. The fraction of sp³-hybridized carbons (Fsp3) is 0.100. The summed E-state index contributed by atoms with van der Waals surface area (Å²) in [5, 5.41) is 0. The molecule has 0 fully saturated rings. The van der Waals surface area contributed by atoms with Gasteiger partial charge >= 0.3 is 0 Å². The summed E-state index contributed by atoms with van der Waals surface area (Å²) in [4.78, 5) is 9.81. The van der Waals surface area contributed by atoms with Gasteiger partial charge in [0, 0.05) is 6.42 Å². The van der Waals surface area contributed by atoms with Crippen molar-refractivity contribution in [3.63, 3.8) is 0 Å². The van der Waals surface area contributed by atoms with Gasteiger partial charge in [0.05, 0.1) is 0 Å². The molecule has 0 spiro atoms. The predicted octanol–water partition coefficient (Wildman–Crippen LogP) is 2.34. The van der Waals surface area contributed by atoms with Crippen LogP contribution in [0.4, 0.5) is 4.39 Å². The van der Waals surface area contributed by atoms with Crippen LogP contribution in [0.3, 0.4) is 0 Å². The maximum atomic E-state index is 12.6. The SMILES string of the molecule is O=[C]C/C=C/c1cccc(F)c1. The van der Waals surface area contributed by atoms with Gasteiger partial charge in [0.25, 0.3) is 0 Å². The lowest BCUT2D eigenvalue weighted by Crippen LogP contribution is -1.75. The average Bonchev–Trinajstić information content (AvgIpc) is 2.05. The quantitative estimate of drug-likeness (QED) is 0.668. The molecule has 12 heavy (non-hydrogen) atoms. The van der Waals surface area contributed by atoms with Gasteiger partial charge in [-0.2, -0.15) is 0 Å². The van der Waals surface area contributed by atoms with E-state index in [2.05, 4.69) is 0 Å². The summed E-state index contributed by atoms with van der Waals surface area (Å²) in [7, 11) is 0. The summed E-state index contributed by atoms with van der Waals surface area (Å²) in [5.41, 5.74) is 0.755. The van der Waals surface area contributed by atoms with Gasteiger partial charge < -0.3 is 0 Å². The summed E-state index contributed by atoms with van der Waals surface area (Å²) < 4.78 is 12.6. The van der Waals surface area contributed by atoms with Gasteiger partial charge in [-0.05, 0) is 17.7 Å². The first kappa shape index (κ1) is 8.65. The molecule has 0 aliphatic heterocycles. The normalized spacial score (nSPS) is 10.4. The molecule has 0 bridgehead atoms. The van der Waals surface area contributed by atoms with Gasteiger partial charge in [0.2, 0.25) is 6.29 Å². The Morgan fingerprint density at radius 2 is 2.33 bits per heavy atom. The van der Waals surface area contributed by atoms with Gasteiger partial charge in [-0.25, -0.2) is 4.39 Å². The van der Waals surface area contributed by atoms with Crippen LogP contribution in [0.15, 0.2) is 30.3 Å². The Hall–Kier alpha value is -1.44. The molecule has 0 atom stereocenters. The third-order valence-electron chi connectivity index (χ3n) is 1.36. The van der Waals surface area contributed by atoms with Gasteiger partial charge in [-0.1, -0.05) is 24.3 Å². The fourth-order valence-electron chi connectivity index (χ4n) is 0.853. The van der Waals surface area contributed by atoms with E-state index in [9.17, 15) is 9.18 Å². The molecular weight excluding hydrogens is 155 g/mol. The summed E-state index contributed by atoms with van der Waals surface area (Å²) in [6.07, 6.45) is 5.30.